The normalized spacial score (nSPS) is 24.0. The molecule has 1 fully saturated rings. The Hall–Kier alpha value is -0.163. The lowest BCUT2D eigenvalue weighted by atomic mass is 10.0. The van der Waals surface area contributed by atoms with Gasteiger partial charge in [0, 0.05) is 6.42 Å². The summed E-state index contributed by atoms with van der Waals surface area (Å²) < 4.78 is 13.1. The summed E-state index contributed by atoms with van der Waals surface area (Å²) in [6, 6.07) is 0. The fourth-order valence-corrected chi connectivity index (χ4v) is 5.24. The molecule has 0 aromatic rings. The molecule has 172 valence electrons. The van der Waals surface area contributed by atoms with Gasteiger partial charge in [-0.05, 0) is 43.8 Å². The minimum absolute atomic E-state index is 0.0582. The van der Waals surface area contributed by atoms with E-state index in [0.717, 1.165) is 32.1 Å². The predicted octanol–water partition coefficient (Wildman–Crippen LogP) is 7.39. The molecule has 0 aliphatic carbocycles. The second kappa shape index (κ2) is 13.3. The minimum atomic E-state index is -1.84. The van der Waals surface area contributed by atoms with E-state index in [2.05, 4.69) is 47.4 Å². The highest BCUT2D eigenvalue weighted by Gasteiger charge is 2.45. The van der Waals surface area contributed by atoms with Crippen molar-refractivity contribution in [2.24, 2.45) is 0 Å². The van der Waals surface area contributed by atoms with E-state index in [1.54, 1.807) is 0 Å². The Balaban J connectivity index is 2.53. The van der Waals surface area contributed by atoms with E-state index in [9.17, 15) is 5.11 Å². The Morgan fingerprint density at radius 2 is 1.76 bits per heavy atom. The summed E-state index contributed by atoms with van der Waals surface area (Å²) in [5.41, 5.74) is 0. The van der Waals surface area contributed by atoms with E-state index >= 15 is 0 Å². The molecule has 0 unspecified atom stereocenters. The van der Waals surface area contributed by atoms with Crippen LogP contribution in [0.5, 0.6) is 0 Å². The molecule has 4 atom stereocenters. The number of ether oxygens (including phenoxy) is 1. The summed E-state index contributed by atoms with van der Waals surface area (Å²) in [7, 11) is -1.84. The molecule has 0 amide bonds. The van der Waals surface area contributed by atoms with Crippen molar-refractivity contribution in [3.63, 3.8) is 0 Å². The van der Waals surface area contributed by atoms with Crippen LogP contribution in [0, 0.1) is 0 Å². The van der Waals surface area contributed by atoms with Crippen molar-refractivity contribution in [1.29, 1.82) is 0 Å². The van der Waals surface area contributed by atoms with Gasteiger partial charge in [0.15, 0.2) is 8.32 Å². The molecule has 1 rings (SSSR count). The van der Waals surface area contributed by atoms with E-state index in [1.807, 2.05) is 6.08 Å². The maximum Gasteiger partial charge on any atom is 0.192 e. The molecule has 1 aliphatic rings. The molecule has 0 spiro atoms. The van der Waals surface area contributed by atoms with Crippen LogP contribution in [0.4, 0.5) is 0 Å². The molecule has 0 saturated carbocycles. The maximum absolute atomic E-state index is 10.8. The van der Waals surface area contributed by atoms with Crippen LogP contribution < -0.4 is 0 Å². The largest absolute Gasteiger partial charge is 0.411 e. The molecule has 1 saturated heterocycles. The number of allylic oxidation sites excluding steroid dienone is 1. The van der Waals surface area contributed by atoms with Crippen LogP contribution in [0.2, 0.25) is 18.1 Å². The molecule has 1 heterocycles. The van der Waals surface area contributed by atoms with Gasteiger partial charge in [-0.1, -0.05) is 78.7 Å². The Morgan fingerprint density at radius 3 is 2.38 bits per heavy atom. The Bertz CT molecular complexity index is 444. The topological polar surface area (TPSA) is 38.7 Å². The number of unbranched alkanes of at least 4 members (excludes halogenated alkanes) is 7. The van der Waals surface area contributed by atoms with Crippen LogP contribution in [-0.2, 0) is 9.16 Å². The summed E-state index contributed by atoms with van der Waals surface area (Å²) in [6.45, 7) is 17.6. The highest BCUT2D eigenvalue weighted by molar-refractivity contribution is 6.74. The van der Waals surface area contributed by atoms with Gasteiger partial charge in [-0.3, -0.25) is 0 Å². The van der Waals surface area contributed by atoms with Gasteiger partial charge < -0.3 is 14.3 Å². The molecule has 3 nitrogen and oxygen atoms in total. The highest BCUT2D eigenvalue weighted by atomic mass is 28.4. The molecule has 0 radical (unpaired) electrons. The van der Waals surface area contributed by atoms with Gasteiger partial charge in [-0.25, -0.2) is 0 Å². The zero-order chi connectivity index (χ0) is 21.9. The van der Waals surface area contributed by atoms with Gasteiger partial charge in [0.2, 0.25) is 0 Å². The van der Waals surface area contributed by atoms with Crippen molar-refractivity contribution >= 4 is 8.32 Å². The van der Waals surface area contributed by atoms with Crippen LogP contribution in [0.25, 0.3) is 0 Å². The van der Waals surface area contributed by atoms with Crippen LogP contribution in [0.1, 0.15) is 105 Å². The lowest BCUT2D eigenvalue weighted by Gasteiger charge is -2.39. The quantitative estimate of drug-likeness (QED) is 0.168. The summed E-state index contributed by atoms with van der Waals surface area (Å²) >= 11 is 0. The molecule has 4 heteroatoms. The van der Waals surface area contributed by atoms with Gasteiger partial charge in [0.25, 0.3) is 0 Å². The Morgan fingerprint density at radius 1 is 1.10 bits per heavy atom. The molecule has 1 N–H and O–H groups in total. The zero-order valence-corrected chi connectivity index (χ0v) is 21.3. The summed E-state index contributed by atoms with van der Waals surface area (Å²) in [6.07, 6.45) is 15.4. The molecule has 0 aromatic heterocycles. The molecule has 29 heavy (non-hydrogen) atoms. The second-order valence-corrected chi connectivity index (χ2v) is 15.3. The van der Waals surface area contributed by atoms with E-state index < -0.39 is 8.32 Å². The van der Waals surface area contributed by atoms with Gasteiger partial charge in [-0.2, -0.15) is 0 Å². The average Bonchev–Trinajstić information content (AvgIpc) is 3.02. The fraction of sp³-hybridized carbons (Fsp3) is 0.920. The van der Waals surface area contributed by atoms with Crippen molar-refractivity contribution < 1.29 is 14.3 Å². The molecule has 0 aromatic carbocycles. The van der Waals surface area contributed by atoms with Gasteiger partial charge >= 0.3 is 0 Å². The first-order valence-corrected chi connectivity index (χ1v) is 15.2. The summed E-state index contributed by atoms with van der Waals surface area (Å²) in [5.74, 6) is 0. The smallest absolute Gasteiger partial charge is 0.192 e. The first-order valence-electron chi connectivity index (χ1n) is 12.2. The van der Waals surface area contributed by atoms with E-state index in [0.29, 0.717) is 0 Å². The van der Waals surface area contributed by atoms with E-state index in [4.69, 9.17) is 9.16 Å². The molecule has 1 aliphatic heterocycles. The first-order chi connectivity index (χ1) is 13.6. The van der Waals surface area contributed by atoms with Gasteiger partial charge in [0.05, 0.1) is 24.4 Å². The lowest BCUT2D eigenvalue weighted by Crippen LogP contribution is -2.46. The zero-order valence-electron chi connectivity index (χ0n) is 20.3. The summed E-state index contributed by atoms with van der Waals surface area (Å²) in [5, 5.41) is 11.0. The van der Waals surface area contributed by atoms with Gasteiger partial charge in [0.1, 0.15) is 0 Å². The Kier molecular flexibility index (Phi) is 12.3. The number of hydrogen-bond acceptors (Lipinski definition) is 3. The second-order valence-electron chi connectivity index (χ2n) is 10.6. The molecule has 0 bridgehead atoms. The van der Waals surface area contributed by atoms with Crippen LogP contribution >= 0.6 is 0 Å². The third-order valence-corrected chi connectivity index (χ3v) is 11.4. The standard InChI is InChI=1S/C25H50O3Si/c1-8-10-12-13-14-15-17-18-21(26)23-20-24(22(27-23)19-16-11-9-2)28-29(6,7)25(3,4)5/h8,21-24,26H,1,9-20H2,2-7H3/t21-,22+,23-,24+/m0/s1. The van der Waals surface area contributed by atoms with Crippen molar-refractivity contribution in [3.05, 3.63) is 12.7 Å². The summed E-state index contributed by atoms with van der Waals surface area (Å²) in [4.78, 5) is 0. The highest BCUT2D eigenvalue weighted by Crippen LogP contribution is 2.40. The van der Waals surface area contributed by atoms with Crippen LogP contribution in [-0.4, -0.2) is 37.8 Å². The van der Waals surface area contributed by atoms with Crippen molar-refractivity contribution in [1.82, 2.24) is 0 Å². The maximum atomic E-state index is 10.8. The molecular formula is C25H50O3Si. The molecular weight excluding hydrogens is 376 g/mol. The van der Waals surface area contributed by atoms with Crippen molar-refractivity contribution in [2.75, 3.05) is 0 Å². The van der Waals surface area contributed by atoms with E-state index in [-0.39, 0.29) is 29.5 Å². The van der Waals surface area contributed by atoms with Crippen LogP contribution in [0.3, 0.4) is 0 Å². The SMILES string of the molecule is C=CCCCCCCC[C@H](O)[C@@H]1C[C@@H](O[Si](C)(C)C(C)(C)C)[C@@H](CCCCC)O1. The van der Waals surface area contributed by atoms with E-state index in [1.165, 1.54) is 44.9 Å². The minimum Gasteiger partial charge on any atom is -0.411 e. The number of rotatable bonds is 15. The first kappa shape index (κ1) is 26.9. The monoisotopic (exact) mass is 426 g/mol. The number of hydrogen-bond donors (Lipinski definition) is 1. The third-order valence-electron chi connectivity index (χ3n) is 6.91. The number of aliphatic hydroxyl groups is 1. The third kappa shape index (κ3) is 9.67. The van der Waals surface area contributed by atoms with Crippen LogP contribution in [0.15, 0.2) is 12.7 Å². The fourth-order valence-electron chi connectivity index (χ4n) is 3.88. The lowest BCUT2D eigenvalue weighted by molar-refractivity contribution is -0.0488. The van der Waals surface area contributed by atoms with Gasteiger partial charge in [-0.15, -0.1) is 6.58 Å². The van der Waals surface area contributed by atoms with Crippen molar-refractivity contribution in [3.8, 4) is 0 Å². The van der Waals surface area contributed by atoms with Crippen molar-refractivity contribution in [2.45, 2.75) is 147 Å². The number of aliphatic hydroxyl groups excluding tert-OH is 1. The predicted molar refractivity (Wildman–Crippen MR) is 128 cm³/mol. The average molecular weight is 427 g/mol. The Labute approximate surface area is 182 Å².